The molecule has 1 aliphatic rings. The molecule has 10 nitrogen and oxygen atoms in total. The predicted octanol–water partition coefficient (Wildman–Crippen LogP) is 5.90. The summed E-state index contributed by atoms with van der Waals surface area (Å²) in [5.41, 5.74) is 3.09. The highest BCUT2D eigenvalue weighted by Crippen LogP contribution is 2.41. The Morgan fingerprint density at radius 3 is 1.67 bits per heavy atom. The highest BCUT2D eigenvalue weighted by atomic mass is 16.8. The molecule has 4 aromatic rings. The number of nitrogens with zero attached hydrogens (tertiary/aromatic N) is 4. The van der Waals surface area contributed by atoms with E-state index in [4.69, 9.17) is 4.84 Å². The standard InChI is InChI=1S/2C13H10N2O3/c16-15(17)12-8-6-10(7-9-12)13-14(18-13)11-4-2-1-3-5-11;16-14(12-4-2-1-3-5-12)10-11-6-8-13(9-7-11)15(17)18/h1-9,13H;1-10H/b;14-10-. The van der Waals surface area contributed by atoms with Gasteiger partial charge < -0.3 is 5.21 Å². The van der Waals surface area contributed by atoms with Crippen LogP contribution in [0.4, 0.5) is 22.7 Å². The SMILES string of the molecule is O=[N+]([O-])c1ccc(/C=[N+](\[O-])c2ccccc2)cc1.O=[N+]([O-])c1ccc(C2ON2c2ccccc2)cc1. The van der Waals surface area contributed by atoms with Crippen LogP contribution in [0.1, 0.15) is 17.4 Å². The maximum absolute atomic E-state index is 11.8. The van der Waals surface area contributed by atoms with Gasteiger partial charge in [-0.2, -0.15) is 4.74 Å². The Balaban J connectivity index is 0.000000169. The number of hydroxylamine groups is 1. The third-order valence-corrected chi connectivity index (χ3v) is 5.16. The molecule has 0 spiro atoms. The van der Waals surface area contributed by atoms with Crippen LogP contribution in [0.25, 0.3) is 0 Å². The van der Waals surface area contributed by atoms with E-state index in [0.29, 0.717) is 11.3 Å². The van der Waals surface area contributed by atoms with Crippen LogP contribution in [0.5, 0.6) is 0 Å². The number of non-ortho nitro benzene ring substituents is 2. The predicted molar refractivity (Wildman–Crippen MR) is 134 cm³/mol. The largest absolute Gasteiger partial charge is 0.618 e. The van der Waals surface area contributed by atoms with Crippen LogP contribution in [0.2, 0.25) is 0 Å². The first-order chi connectivity index (χ1) is 17.4. The Morgan fingerprint density at radius 1 is 0.639 bits per heavy atom. The molecule has 0 saturated carbocycles. The van der Waals surface area contributed by atoms with Gasteiger partial charge in [-0.15, -0.1) is 0 Å². The molecule has 10 heteroatoms. The second-order valence-corrected chi connectivity index (χ2v) is 7.61. The van der Waals surface area contributed by atoms with Crippen molar-refractivity contribution in [1.82, 2.24) is 0 Å². The third-order valence-electron chi connectivity index (χ3n) is 5.16. The zero-order valence-electron chi connectivity index (χ0n) is 18.8. The van der Waals surface area contributed by atoms with Crippen LogP contribution in [0, 0.1) is 25.4 Å². The highest BCUT2D eigenvalue weighted by Gasteiger charge is 2.38. The summed E-state index contributed by atoms with van der Waals surface area (Å²) >= 11 is 0. The van der Waals surface area contributed by atoms with Crippen LogP contribution >= 0.6 is 0 Å². The van der Waals surface area contributed by atoms with E-state index in [1.807, 2.05) is 36.4 Å². The number of benzene rings is 4. The smallest absolute Gasteiger partial charge is 0.269 e. The van der Waals surface area contributed by atoms with E-state index in [0.717, 1.165) is 16.0 Å². The van der Waals surface area contributed by atoms with Crippen LogP contribution in [0.3, 0.4) is 0 Å². The lowest BCUT2D eigenvalue weighted by molar-refractivity contribution is -0.385. The molecule has 0 amide bonds. The average molecular weight is 484 g/mol. The van der Waals surface area contributed by atoms with E-state index in [2.05, 4.69) is 0 Å². The molecule has 1 unspecified atom stereocenters. The fourth-order valence-electron chi connectivity index (χ4n) is 3.28. The Morgan fingerprint density at radius 2 is 1.14 bits per heavy atom. The molecule has 4 aromatic carbocycles. The summed E-state index contributed by atoms with van der Waals surface area (Å²) in [6.07, 6.45) is 1.23. The zero-order valence-corrected chi connectivity index (χ0v) is 18.8. The quantitative estimate of drug-likeness (QED) is 0.0832. The number of nitro groups is 2. The lowest BCUT2D eigenvalue weighted by Crippen LogP contribution is -1.98. The van der Waals surface area contributed by atoms with Gasteiger partial charge in [-0.3, -0.25) is 20.2 Å². The van der Waals surface area contributed by atoms with Gasteiger partial charge in [0.05, 0.1) is 15.5 Å². The van der Waals surface area contributed by atoms with Crippen molar-refractivity contribution in [1.29, 1.82) is 0 Å². The van der Waals surface area contributed by atoms with Gasteiger partial charge in [0.2, 0.25) is 11.9 Å². The number of hydrogen-bond acceptors (Lipinski definition) is 7. The molecule has 1 aliphatic heterocycles. The maximum atomic E-state index is 11.8. The molecule has 0 N–H and O–H groups in total. The van der Waals surface area contributed by atoms with Crippen LogP contribution in [-0.4, -0.2) is 20.8 Å². The van der Waals surface area contributed by atoms with Crippen LogP contribution < -0.4 is 5.06 Å². The molecule has 180 valence electrons. The summed E-state index contributed by atoms with van der Waals surface area (Å²) in [5, 5.41) is 34.6. The highest BCUT2D eigenvalue weighted by molar-refractivity contribution is 5.77. The summed E-state index contributed by atoms with van der Waals surface area (Å²) in [4.78, 5) is 25.6. The topological polar surface area (TPSA) is 128 Å². The second kappa shape index (κ2) is 10.9. The minimum absolute atomic E-state index is 0.00399. The van der Waals surface area contributed by atoms with E-state index >= 15 is 0 Å². The first-order valence-electron chi connectivity index (χ1n) is 10.8. The molecule has 1 fully saturated rings. The number of rotatable bonds is 6. The Hall–Kier alpha value is -5.09. The third kappa shape index (κ3) is 6.07. The van der Waals surface area contributed by atoms with Gasteiger partial charge >= 0.3 is 0 Å². The molecule has 0 bridgehead atoms. The summed E-state index contributed by atoms with van der Waals surface area (Å²) in [7, 11) is 0. The average Bonchev–Trinajstić information content (AvgIpc) is 3.72. The second-order valence-electron chi connectivity index (χ2n) is 7.61. The molecule has 1 heterocycles. The zero-order chi connectivity index (χ0) is 25.5. The van der Waals surface area contributed by atoms with Gasteiger partial charge in [0.1, 0.15) is 0 Å². The Bertz CT molecular complexity index is 1360. The molecular formula is C26H20N4O6. The molecular weight excluding hydrogens is 464 g/mol. The molecule has 0 aliphatic carbocycles. The molecule has 1 saturated heterocycles. The van der Waals surface area contributed by atoms with Gasteiger partial charge in [-0.1, -0.05) is 36.4 Å². The van der Waals surface area contributed by atoms with Crippen molar-refractivity contribution in [3.63, 3.8) is 0 Å². The number of hydrogen-bond donors (Lipinski definition) is 0. The Labute approximate surface area is 205 Å². The monoisotopic (exact) mass is 484 g/mol. The lowest BCUT2D eigenvalue weighted by Gasteiger charge is -2.02. The van der Waals surface area contributed by atoms with Gasteiger partial charge in [0.15, 0.2) is 6.21 Å². The lowest BCUT2D eigenvalue weighted by atomic mass is 10.2. The normalized spacial score (nSPS) is 14.4. The van der Waals surface area contributed by atoms with Gasteiger partial charge in [-0.25, -0.2) is 9.90 Å². The first-order valence-corrected chi connectivity index (χ1v) is 10.8. The molecule has 5 rings (SSSR count). The van der Waals surface area contributed by atoms with Gasteiger partial charge in [0.25, 0.3) is 11.4 Å². The molecule has 1 atom stereocenters. The van der Waals surface area contributed by atoms with Crippen molar-refractivity contribution >= 4 is 29.0 Å². The number of para-hydroxylation sites is 2. The molecule has 36 heavy (non-hydrogen) atoms. The number of nitro benzene ring substituents is 2. The van der Waals surface area contributed by atoms with Crippen molar-refractivity contribution in [2.45, 2.75) is 6.23 Å². The summed E-state index contributed by atoms with van der Waals surface area (Å²) in [5.74, 6) is 0. The first kappa shape index (κ1) is 24.0. The van der Waals surface area contributed by atoms with Gasteiger partial charge in [0, 0.05) is 47.5 Å². The van der Waals surface area contributed by atoms with Crippen molar-refractivity contribution in [2.75, 3.05) is 5.06 Å². The van der Waals surface area contributed by atoms with E-state index in [-0.39, 0.29) is 17.6 Å². The fraction of sp³-hybridized carbons (Fsp3) is 0.0385. The minimum atomic E-state index is -0.476. The van der Waals surface area contributed by atoms with Crippen molar-refractivity contribution in [2.24, 2.45) is 0 Å². The van der Waals surface area contributed by atoms with Crippen molar-refractivity contribution in [3.05, 3.63) is 146 Å². The maximum Gasteiger partial charge on any atom is 0.269 e. The van der Waals surface area contributed by atoms with Crippen LogP contribution in [-0.2, 0) is 4.84 Å². The van der Waals surface area contributed by atoms with Crippen molar-refractivity contribution in [3.8, 4) is 0 Å². The summed E-state index contributed by atoms with van der Waals surface area (Å²) in [6, 6.07) is 30.6. The van der Waals surface area contributed by atoms with E-state index in [1.165, 1.54) is 42.6 Å². The van der Waals surface area contributed by atoms with Crippen molar-refractivity contribution < 1.29 is 19.4 Å². The van der Waals surface area contributed by atoms with Crippen LogP contribution in [0.15, 0.2) is 109 Å². The Kier molecular flexibility index (Phi) is 7.28. The van der Waals surface area contributed by atoms with Gasteiger partial charge in [-0.05, 0) is 36.4 Å². The van der Waals surface area contributed by atoms with E-state index in [9.17, 15) is 25.4 Å². The molecule has 0 aromatic heterocycles. The summed E-state index contributed by atoms with van der Waals surface area (Å²) < 4.78 is 0.723. The molecule has 0 radical (unpaired) electrons. The fourth-order valence-corrected chi connectivity index (χ4v) is 3.28. The van der Waals surface area contributed by atoms with E-state index < -0.39 is 9.85 Å². The van der Waals surface area contributed by atoms with E-state index in [1.54, 1.807) is 41.5 Å². The minimum Gasteiger partial charge on any atom is -0.618 e. The number of anilines is 1. The summed E-state index contributed by atoms with van der Waals surface area (Å²) in [6.45, 7) is 0.